The molecule has 6 nitrogen and oxygen atoms in total. The number of anilines is 1. The van der Waals surface area contributed by atoms with Crippen molar-refractivity contribution in [2.75, 3.05) is 5.32 Å². The minimum Gasteiger partial charge on any atom is -0.421 e. The fourth-order valence-corrected chi connectivity index (χ4v) is 2.96. The topological polar surface area (TPSA) is 73.0 Å². The molecule has 0 atom stereocenters. The third kappa shape index (κ3) is 3.19. The first-order chi connectivity index (χ1) is 12.6. The second-order valence-corrected chi connectivity index (χ2v) is 6.28. The van der Waals surface area contributed by atoms with E-state index in [0.29, 0.717) is 22.5 Å². The van der Waals surface area contributed by atoms with Crippen LogP contribution in [0.5, 0.6) is 0 Å². The normalized spacial score (nSPS) is 11.0. The first-order valence-electron chi connectivity index (χ1n) is 8.04. The van der Waals surface area contributed by atoms with E-state index in [1.54, 1.807) is 19.1 Å². The highest BCUT2D eigenvalue weighted by atomic mass is 35.5. The number of fused-ring (bicyclic) bond motifs is 1. The number of aromatic nitrogens is 3. The van der Waals surface area contributed by atoms with Crippen LogP contribution in [0.2, 0.25) is 5.02 Å². The maximum atomic E-state index is 12.4. The van der Waals surface area contributed by atoms with E-state index in [1.165, 1.54) is 0 Å². The van der Waals surface area contributed by atoms with Crippen LogP contribution in [0.1, 0.15) is 5.89 Å². The van der Waals surface area contributed by atoms with Crippen molar-refractivity contribution in [1.82, 2.24) is 14.8 Å². The molecule has 0 aliphatic rings. The third-order valence-corrected chi connectivity index (χ3v) is 4.34. The van der Waals surface area contributed by atoms with Crippen LogP contribution in [0.25, 0.3) is 22.4 Å². The van der Waals surface area contributed by atoms with E-state index in [9.17, 15) is 4.79 Å². The number of carbonyl (C=O) groups excluding carboxylic acids is 1. The number of carbonyl (C=O) groups is 1. The molecule has 0 unspecified atom stereocenters. The Morgan fingerprint density at radius 1 is 1.19 bits per heavy atom. The second kappa shape index (κ2) is 6.65. The molecule has 26 heavy (non-hydrogen) atoms. The van der Waals surface area contributed by atoms with Gasteiger partial charge in [0.15, 0.2) is 0 Å². The second-order valence-electron chi connectivity index (χ2n) is 5.87. The first-order valence-corrected chi connectivity index (χ1v) is 8.42. The molecule has 1 N–H and O–H groups in total. The molecule has 0 spiro atoms. The lowest BCUT2D eigenvalue weighted by Gasteiger charge is -2.09. The van der Waals surface area contributed by atoms with E-state index in [1.807, 2.05) is 47.2 Å². The summed E-state index contributed by atoms with van der Waals surface area (Å²) in [5.74, 6) is 0.807. The number of nitrogens with one attached hydrogen (secondary N) is 1. The largest absolute Gasteiger partial charge is 0.421 e. The fourth-order valence-electron chi connectivity index (χ4n) is 2.78. The first kappa shape index (κ1) is 16.4. The molecule has 130 valence electrons. The van der Waals surface area contributed by atoms with Crippen LogP contribution in [-0.4, -0.2) is 20.7 Å². The predicted octanol–water partition coefficient (Wildman–Crippen LogP) is 4.29. The molecule has 0 aliphatic heterocycles. The number of benzene rings is 2. The number of amides is 1. The minimum atomic E-state index is -0.158. The maximum absolute atomic E-state index is 12.4. The van der Waals surface area contributed by atoms with E-state index in [0.717, 1.165) is 16.5 Å². The van der Waals surface area contributed by atoms with Gasteiger partial charge in [-0.25, -0.2) is 0 Å². The molecule has 0 saturated carbocycles. The average molecular weight is 367 g/mol. The van der Waals surface area contributed by atoms with Gasteiger partial charge in [-0.2, -0.15) is 0 Å². The van der Waals surface area contributed by atoms with Crippen molar-refractivity contribution in [2.24, 2.45) is 0 Å². The van der Waals surface area contributed by atoms with Crippen LogP contribution in [0.3, 0.4) is 0 Å². The number of hydrogen-bond donors (Lipinski definition) is 1. The Balaban J connectivity index is 1.60. The number of nitrogens with zero attached hydrogens (tertiary/aromatic N) is 3. The molecule has 4 aromatic rings. The van der Waals surface area contributed by atoms with E-state index < -0.39 is 0 Å². The van der Waals surface area contributed by atoms with Gasteiger partial charge in [0.25, 0.3) is 0 Å². The van der Waals surface area contributed by atoms with Gasteiger partial charge in [-0.15, -0.1) is 10.2 Å². The van der Waals surface area contributed by atoms with Crippen LogP contribution < -0.4 is 5.32 Å². The number of rotatable bonds is 4. The van der Waals surface area contributed by atoms with Crippen molar-refractivity contribution in [2.45, 2.75) is 13.5 Å². The molecular weight excluding hydrogens is 352 g/mol. The molecule has 2 heterocycles. The monoisotopic (exact) mass is 366 g/mol. The van der Waals surface area contributed by atoms with Crippen LogP contribution in [0.4, 0.5) is 5.69 Å². The van der Waals surface area contributed by atoms with Crippen LogP contribution in [0, 0.1) is 6.92 Å². The number of aryl methyl sites for hydroxylation is 1. The number of para-hydroxylation sites is 1. The standard InChI is InChI=1S/C19H15ClN4O2/c1-12-22-23-19(26-12)14-7-6-13-8-9-24(17(13)10-14)11-18(25)21-16-5-3-2-4-15(16)20/h2-10H,11H2,1H3,(H,21,25). The fraction of sp³-hybridized carbons (Fsp3) is 0.105. The molecule has 0 bridgehead atoms. The summed E-state index contributed by atoms with van der Waals surface area (Å²) in [6.45, 7) is 1.91. The quantitative estimate of drug-likeness (QED) is 0.584. The van der Waals surface area contributed by atoms with E-state index in [2.05, 4.69) is 15.5 Å². The van der Waals surface area contributed by atoms with Crippen molar-refractivity contribution in [3.05, 3.63) is 65.6 Å². The summed E-state index contributed by atoms with van der Waals surface area (Å²) >= 11 is 6.09. The van der Waals surface area contributed by atoms with Gasteiger partial charge in [0.2, 0.25) is 17.7 Å². The average Bonchev–Trinajstić information content (AvgIpc) is 3.23. The van der Waals surface area contributed by atoms with Crippen molar-refractivity contribution >= 4 is 34.1 Å². The van der Waals surface area contributed by atoms with Gasteiger partial charge >= 0.3 is 0 Å². The van der Waals surface area contributed by atoms with Gasteiger partial charge in [-0.3, -0.25) is 4.79 Å². The Labute approximate surface area is 154 Å². The van der Waals surface area contributed by atoms with Gasteiger partial charge in [-0.05, 0) is 35.7 Å². The predicted molar refractivity (Wildman–Crippen MR) is 100 cm³/mol. The molecule has 0 saturated heterocycles. The van der Waals surface area contributed by atoms with Gasteiger partial charge in [-0.1, -0.05) is 29.8 Å². The Hall–Kier alpha value is -3.12. The Morgan fingerprint density at radius 2 is 2.04 bits per heavy atom. The summed E-state index contributed by atoms with van der Waals surface area (Å²) in [5.41, 5.74) is 2.31. The van der Waals surface area contributed by atoms with Gasteiger partial charge in [0, 0.05) is 24.2 Å². The zero-order valence-electron chi connectivity index (χ0n) is 13.9. The number of hydrogen-bond acceptors (Lipinski definition) is 4. The van der Waals surface area contributed by atoms with Gasteiger partial charge in [0.1, 0.15) is 6.54 Å². The lowest BCUT2D eigenvalue weighted by molar-refractivity contribution is -0.116. The van der Waals surface area contributed by atoms with E-state index in [4.69, 9.17) is 16.0 Å². The summed E-state index contributed by atoms with van der Waals surface area (Å²) in [6, 6.07) is 14.9. The summed E-state index contributed by atoms with van der Waals surface area (Å²) in [6.07, 6.45) is 1.87. The highest BCUT2D eigenvalue weighted by molar-refractivity contribution is 6.33. The van der Waals surface area contributed by atoms with Crippen LogP contribution in [-0.2, 0) is 11.3 Å². The summed E-state index contributed by atoms with van der Waals surface area (Å²) in [4.78, 5) is 12.4. The van der Waals surface area contributed by atoms with Crippen molar-refractivity contribution in [1.29, 1.82) is 0 Å². The Bertz CT molecular complexity index is 1100. The smallest absolute Gasteiger partial charge is 0.247 e. The zero-order chi connectivity index (χ0) is 18.1. The Morgan fingerprint density at radius 3 is 2.81 bits per heavy atom. The molecule has 0 fully saturated rings. The van der Waals surface area contributed by atoms with Crippen molar-refractivity contribution in [3.8, 4) is 11.5 Å². The molecule has 4 rings (SSSR count). The zero-order valence-corrected chi connectivity index (χ0v) is 14.7. The molecule has 1 amide bonds. The van der Waals surface area contributed by atoms with E-state index in [-0.39, 0.29) is 12.5 Å². The molecule has 7 heteroatoms. The lowest BCUT2D eigenvalue weighted by Crippen LogP contribution is -2.18. The lowest BCUT2D eigenvalue weighted by atomic mass is 10.1. The SMILES string of the molecule is Cc1nnc(-c2ccc3ccn(CC(=O)Nc4ccccc4Cl)c3c2)o1. The summed E-state index contributed by atoms with van der Waals surface area (Å²) in [5, 5.41) is 12.3. The summed E-state index contributed by atoms with van der Waals surface area (Å²) in [7, 11) is 0. The molecular formula is C19H15ClN4O2. The van der Waals surface area contributed by atoms with Crippen LogP contribution >= 0.6 is 11.6 Å². The highest BCUT2D eigenvalue weighted by Crippen LogP contribution is 2.25. The molecule has 2 aromatic carbocycles. The molecule has 0 aliphatic carbocycles. The minimum absolute atomic E-state index is 0.158. The number of halogens is 1. The molecule has 2 aromatic heterocycles. The maximum Gasteiger partial charge on any atom is 0.247 e. The van der Waals surface area contributed by atoms with Crippen LogP contribution in [0.15, 0.2) is 59.1 Å². The highest BCUT2D eigenvalue weighted by Gasteiger charge is 2.11. The van der Waals surface area contributed by atoms with Crippen molar-refractivity contribution in [3.63, 3.8) is 0 Å². The Kier molecular flexibility index (Phi) is 4.18. The summed E-state index contributed by atoms with van der Waals surface area (Å²) < 4.78 is 7.35. The van der Waals surface area contributed by atoms with Gasteiger partial charge < -0.3 is 14.3 Å². The van der Waals surface area contributed by atoms with E-state index >= 15 is 0 Å². The molecule has 0 radical (unpaired) electrons. The van der Waals surface area contributed by atoms with Crippen molar-refractivity contribution < 1.29 is 9.21 Å². The van der Waals surface area contributed by atoms with Gasteiger partial charge in [0.05, 0.1) is 10.7 Å². The third-order valence-electron chi connectivity index (χ3n) is 4.01.